The quantitative estimate of drug-likeness (QED) is 0.584. The Bertz CT molecular complexity index is 1260. The van der Waals surface area contributed by atoms with Gasteiger partial charge in [0.25, 0.3) is 5.91 Å². The van der Waals surface area contributed by atoms with E-state index in [2.05, 4.69) is 14.7 Å². The minimum atomic E-state index is -4.88. The normalized spacial score (nSPS) is 26.2. The summed E-state index contributed by atoms with van der Waals surface area (Å²) in [5.74, 6) is -6.99. The van der Waals surface area contributed by atoms with Crippen LogP contribution in [0.2, 0.25) is 0 Å². The lowest BCUT2D eigenvalue weighted by molar-refractivity contribution is -0.272. The molecule has 5 atom stereocenters. The number of alkyl halides is 3. The number of carbonyl (C=O) groups is 1. The van der Waals surface area contributed by atoms with Gasteiger partial charge in [-0.15, -0.1) is 0 Å². The van der Waals surface area contributed by atoms with Gasteiger partial charge in [0.2, 0.25) is 5.82 Å². The van der Waals surface area contributed by atoms with Crippen molar-refractivity contribution in [3.63, 3.8) is 0 Å². The molecule has 192 valence electrons. The third-order valence-corrected chi connectivity index (χ3v) is 8.01. The van der Waals surface area contributed by atoms with Crippen molar-refractivity contribution in [3.05, 3.63) is 47.7 Å². The number of anilines is 1. The Balaban J connectivity index is 2.08. The van der Waals surface area contributed by atoms with Gasteiger partial charge in [-0.25, -0.2) is 17.9 Å². The first-order valence-electron chi connectivity index (χ1n) is 10.3. The number of benzene rings is 1. The highest BCUT2D eigenvalue weighted by molar-refractivity contribution is 7.92. The van der Waals surface area contributed by atoms with E-state index in [4.69, 9.17) is 9.47 Å². The molecule has 1 saturated heterocycles. The molecule has 1 aromatic carbocycles. The van der Waals surface area contributed by atoms with Crippen LogP contribution in [-0.4, -0.2) is 53.4 Å². The molecule has 35 heavy (non-hydrogen) atoms. The lowest BCUT2D eigenvalue weighted by Gasteiger charge is -2.32. The maximum atomic E-state index is 14.4. The van der Waals surface area contributed by atoms with Gasteiger partial charge in [0, 0.05) is 42.6 Å². The molecule has 0 aliphatic carbocycles. The second-order valence-corrected chi connectivity index (χ2v) is 10.7. The van der Waals surface area contributed by atoms with Crippen LogP contribution in [0.4, 0.5) is 27.6 Å². The predicted octanol–water partition coefficient (Wildman–Crippen LogP) is 4.53. The SMILES string of the molecule is CN=S(C)(=O)c1cc(NC(=O)[C@H]2O[C@](C)(C(F)(F)F)[C@H](C)[C@@H]2c2ccc(F)c(F)c2OC)ccn1. The van der Waals surface area contributed by atoms with E-state index in [9.17, 15) is 31.0 Å². The van der Waals surface area contributed by atoms with Gasteiger partial charge in [-0.2, -0.15) is 17.6 Å². The maximum absolute atomic E-state index is 14.4. The minimum absolute atomic E-state index is 0.0532. The Hall–Kier alpha value is -2.80. The van der Waals surface area contributed by atoms with Crippen molar-refractivity contribution >= 4 is 21.3 Å². The summed E-state index contributed by atoms with van der Waals surface area (Å²) in [4.78, 5) is 17.2. The second-order valence-electron chi connectivity index (χ2n) is 8.30. The first-order valence-corrected chi connectivity index (χ1v) is 12.2. The van der Waals surface area contributed by atoms with E-state index in [0.717, 1.165) is 26.2 Å². The van der Waals surface area contributed by atoms with Gasteiger partial charge in [0.15, 0.2) is 17.2 Å². The number of aromatic nitrogens is 1. The Labute approximate surface area is 199 Å². The first kappa shape index (κ1) is 26.8. The lowest BCUT2D eigenvalue weighted by atomic mass is 9.77. The zero-order chi connectivity index (χ0) is 26.3. The highest BCUT2D eigenvalue weighted by Gasteiger charge is 2.65. The van der Waals surface area contributed by atoms with E-state index in [1.54, 1.807) is 0 Å². The average Bonchev–Trinajstić information content (AvgIpc) is 3.07. The summed E-state index contributed by atoms with van der Waals surface area (Å²) < 4.78 is 96.8. The average molecular weight is 522 g/mol. The van der Waals surface area contributed by atoms with Crippen LogP contribution in [0.5, 0.6) is 5.75 Å². The van der Waals surface area contributed by atoms with Gasteiger partial charge in [-0.05, 0) is 25.1 Å². The minimum Gasteiger partial charge on any atom is -0.493 e. The number of rotatable bonds is 5. The number of hydrogen-bond donors (Lipinski definition) is 1. The molecule has 0 bridgehead atoms. The topological polar surface area (TPSA) is 89.9 Å². The molecule has 0 spiro atoms. The molecule has 13 heteroatoms. The van der Waals surface area contributed by atoms with Gasteiger partial charge in [0.1, 0.15) is 11.1 Å². The van der Waals surface area contributed by atoms with E-state index in [1.807, 2.05) is 0 Å². The molecule has 1 fully saturated rings. The number of hydrogen-bond acceptors (Lipinski definition) is 6. The molecule has 0 saturated carbocycles. The molecule has 1 amide bonds. The number of carbonyl (C=O) groups excluding carboxylic acids is 1. The Kier molecular flexibility index (Phi) is 7.15. The van der Waals surface area contributed by atoms with Crippen molar-refractivity contribution in [2.45, 2.75) is 42.7 Å². The van der Waals surface area contributed by atoms with Crippen LogP contribution in [0.3, 0.4) is 0 Å². The van der Waals surface area contributed by atoms with Crippen molar-refractivity contribution < 1.29 is 40.4 Å². The second kappa shape index (κ2) is 9.34. The standard InChI is InChI=1S/C22H24F5N3O4S/c1-11-16(13-6-7-14(23)17(24)18(13)33-4)19(34-21(11,2)22(25,26)27)20(31)30-12-8-9-29-15(10-12)35(5,32)28-3/h6-11,16,19H,1-5H3,(H,29,30,31)/t11-,16-,19+,21+,35?/m1/s1. The van der Waals surface area contributed by atoms with E-state index in [-0.39, 0.29) is 16.3 Å². The van der Waals surface area contributed by atoms with E-state index < -0.39 is 62.7 Å². The van der Waals surface area contributed by atoms with Crippen LogP contribution in [0, 0.1) is 17.6 Å². The van der Waals surface area contributed by atoms with Crippen molar-refractivity contribution in [2.24, 2.45) is 10.3 Å². The van der Waals surface area contributed by atoms with Crippen molar-refractivity contribution in [2.75, 3.05) is 25.7 Å². The van der Waals surface area contributed by atoms with Crippen LogP contribution in [0.1, 0.15) is 25.3 Å². The first-order chi connectivity index (χ1) is 16.2. The number of nitrogens with one attached hydrogen (secondary N) is 1. The monoisotopic (exact) mass is 521 g/mol. The smallest absolute Gasteiger partial charge is 0.417 e. The fourth-order valence-corrected chi connectivity index (χ4v) is 4.83. The number of methoxy groups -OCH3 is 1. The molecule has 3 rings (SSSR count). The third-order valence-electron chi connectivity index (χ3n) is 6.31. The molecule has 2 heterocycles. The number of pyridine rings is 1. The number of amides is 1. The van der Waals surface area contributed by atoms with Gasteiger partial charge < -0.3 is 14.8 Å². The molecule has 0 radical (unpaired) electrons. The Morgan fingerprint density at radius 1 is 1.29 bits per heavy atom. The molecular weight excluding hydrogens is 497 g/mol. The summed E-state index contributed by atoms with van der Waals surface area (Å²) >= 11 is 0. The number of nitrogens with zero attached hydrogens (tertiary/aromatic N) is 2. The Morgan fingerprint density at radius 3 is 2.51 bits per heavy atom. The van der Waals surface area contributed by atoms with E-state index >= 15 is 0 Å². The van der Waals surface area contributed by atoms with Crippen LogP contribution in [-0.2, 0) is 19.3 Å². The van der Waals surface area contributed by atoms with Crippen molar-refractivity contribution in [1.82, 2.24) is 4.98 Å². The largest absolute Gasteiger partial charge is 0.493 e. The fourth-order valence-electron chi connectivity index (χ4n) is 4.04. The van der Waals surface area contributed by atoms with Crippen LogP contribution < -0.4 is 10.1 Å². The van der Waals surface area contributed by atoms with Gasteiger partial charge in [-0.3, -0.25) is 4.79 Å². The van der Waals surface area contributed by atoms with Gasteiger partial charge in [-0.1, -0.05) is 13.0 Å². The fraction of sp³-hybridized carbons (Fsp3) is 0.455. The highest BCUT2D eigenvalue weighted by Crippen LogP contribution is 2.55. The Morgan fingerprint density at radius 2 is 1.94 bits per heavy atom. The third kappa shape index (κ3) is 4.70. The number of halogens is 5. The summed E-state index contributed by atoms with van der Waals surface area (Å²) in [6.07, 6.45) is -4.05. The summed E-state index contributed by atoms with van der Waals surface area (Å²) in [5.41, 5.74) is -2.84. The van der Waals surface area contributed by atoms with Gasteiger partial charge >= 0.3 is 6.18 Å². The summed E-state index contributed by atoms with van der Waals surface area (Å²) in [7, 11) is -0.480. The summed E-state index contributed by atoms with van der Waals surface area (Å²) in [6.45, 7) is 2.01. The molecular formula is C22H24F5N3O4S. The van der Waals surface area contributed by atoms with Gasteiger partial charge in [0.05, 0.1) is 16.8 Å². The highest BCUT2D eigenvalue weighted by atomic mass is 32.2. The van der Waals surface area contributed by atoms with Crippen LogP contribution >= 0.6 is 0 Å². The van der Waals surface area contributed by atoms with E-state index in [1.165, 1.54) is 38.6 Å². The lowest BCUT2D eigenvalue weighted by Crippen LogP contribution is -2.47. The zero-order valence-electron chi connectivity index (χ0n) is 19.4. The van der Waals surface area contributed by atoms with Crippen molar-refractivity contribution in [1.29, 1.82) is 0 Å². The van der Waals surface area contributed by atoms with Crippen LogP contribution in [0.25, 0.3) is 0 Å². The summed E-state index contributed by atoms with van der Waals surface area (Å²) in [5, 5.41) is 2.50. The predicted molar refractivity (Wildman–Crippen MR) is 118 cm³/mol. The molecule has 1 aliphatic heterocycles. The van der Waals surface area contributed by atoms with Crippen LogP contribution in [0.15, 0.2) is 39.9 Å². The zero-order valence-corrected chi connectivity index (χ0v) is 20.3. The molecule has 7 nitrogen and oxygen atoms in total. The molecule has 1 aliphatic rings. The maximum Gasteiger partial charge on any atom is 0.417 e. The molecule has 1 N–H and O–H groups in total. The molecule has 2 aromatic rings. The molecule has 1 aromatic heterocycles. The molecule has 1 unspecified atom stereocenters. The summed E-state index contributed by atoms with van der Waals surface area (Å²) in [6, 6.07) is 4.45. The van der Waals surface area contributed by atoms with E-state index in [0.29, 0.717) is 0 Å². The van der Waals surface area contributed by atoms with Crippen molar-refractivity contribution in [3.8, 4) is 5.75 Å². The number of ether oxygens (including phenoxy) is 2.